The second-order valence-electron chi connectivity index (χ2n) is 8.56. The maximum absolute atomic E-state index is 12.7. The van der Waals surface area contributed by atoms with Crippen LogP contribution in [0.3, 0.4) is 0 Å². The minimum Gasteiger partial charge on any atom is -0.469 e. The minimum absolute atomic E-state index is 0.00990. The van der Waals surface area contributed by atoms with E-state index >= 15 is 0 Å². The average Bonchev–Trinajstić information content (AvgIpc) is 3.17. The fourth-order valence-electron chi connectivity index (χ4n) is 2.72. The lowest BCUT2D eigenvalue weighted by Gasteiger charge is -2.40. The molecule has 6 heteroatoms. The van der Waals surface area contributed by atoms with Gasteiger partial charge in [-0.25, -0.2) is 0 Å². The molecule has 0 amide bonds. The van der Waals surface area contributed by atoms with E-state index in [0.29, 0.717) is 18.8 Å². The third-order valence-corrected chi connectivity index (χ3v) is 9.91. The standard InChI is InChI=1S/C22H33NO4Si/c1-22(2,3)28(5,6)27-20(19-13-10-14-26-19)18(21(24)25-4)16-23-15-17-11-8-7-9-12-17/h7-14,18,20,23H,15-16H2,1-6H3/t18-,20+/m0/s1. The van der Waals surface area contributed by atoms with Crippen LogP contribution in [0.1, 0.15) is 38.2 Å². The summed E-state index contributed by atoms with van der Waals surface area (Å²) in [4.78, 5) is 12.7. The molecule has 28 heavy (non-hydrogen) atoms. The molecular formula is C22H33NO4Si. The Kier molecular flexibility index (Phi) is 7.63. The Hall–Kier alpha value is -1.89. The van der Waals surface area contributed by atoms with Gasteiger partial charge in [-0.05, 0) is 35.8 Å². The number of furan rings is 1. The van der Waals surface area contributed by atoms with Gasteiger partial charge in [0.15, 0.2) is 8.32 Å². The number of esters is 1. The molecule has 0 aliphatic rings. The zero-order chi connectivity index (χ0) is 20.8. The molecule has 0 aliphatic carbocycles. The van der Waals surface area contributed by atoms with E-state index in [0.717, 1.165) is 5.56 Å². The number of rotatable bonds is 9. The number of carbonyl (C=O) groups is 1. The molecule has 0 radical (unpaired) electrons. The third-order valence-electron chi connectivity index (χ3n) is 5.46. The maximum atomic E-state index is 12.7. The molecule has 1 heterocycles. The lowest BCUT2D eigenvalue weighted by molar-refractivity contribution is -0.149. The van der Waals surface area contributed by atoms with Gasteiger partial charge in [-0.2, -0.15) is 0 Å². The molecule has 2 aromatic rings. The number of ether oxygens (including phenoxy) is 1. The molecule has 2 rings (SSSR count). The quantitative estimate of drug-likeness (QED) is 0.475. The van der Waals surface area contributed by atoms with Crippen LogP contribution < -0.4 is 5.32 Å². The molecule has 2 atom stereocenters. The molecule has 0 spiro atoms. The first-order valence-electron chi connectivity index (χ1n) is 9.69. The van der Waals surface area contributed by atoms with E-state index in [9.17, 15) is 4.79 Å². The van der Waals surface area contributed by atoms with Gasteiger partial charge in [-0.1, -0.05) is 51.1 Å². The Morgan fingerprint density at radius 1 is 1.14 bits per heavy atom. The molecule has 0 aliphatic heterocycles. The van der Waals surface area contributed by atoms with Crippen LogP contribution in [0, 0.1) is 5.92 Å². The van der Waals surface area contributed by atoms with Crippen molar-refractivity contribution in [2.24, 2.45) is 5.92 Å². The van der Waals surface area contributed by atoms with Gasteiger partial charge in [-0.3, -0.25) is 4.79 Å². The van der Waals surface area contributed by atoms with E-state index in [2.05, 4.69) is 51.3 Å². The van der Waals surface area contributed by atoms with Crippen LogP contribution in [-0.4, -0.2) is 27.9 Å². The van der Waals surface area contributed by atoms with Crippen LogP contribution in [0.25, 0.3) is 0 Å². The van der Waals surface area contributed by atoms with Gasteiger partial charge < -0.3 is 18.9 Å². The number of hydrogen-bond donors (Lipinski definition) is 1. The van der Waals surface area contributed by atoms with Crippen molar-refractivity contribution in [2.45, 2.75) is 51.6 Å². The molecule has 0 unspecified atom stereocenters. The first-order chi connectivity index (χ1) is 13.2. The number of benzene rings is 1. The van der Waals surface area contributed by atoms with Crippen LogP contribution >= 0.6 is 0 Å². The number of methoxy groups -OCH3 is 1. The van der Waals surface area contributed by atoms with Crippen molar-refractivity contribution in [2.75, 3.05) is 13.7 Å². The van der Waals surface area contributed by atoms with Gasteiger partial charge >= 0.3 is 5.97 Å². The maximum Gasteiger partial charge on any atom is 0.313 e. The molecule has 1 aromatic heterocycles. The summed E-state index contributed by atoms with van der Waals surface area (Å²) in [6.07, 6.45) is 1.12. The lowest BCUT2D eigenvalue weighted by Crippen LogP contribution is -2.45. The van der Waals surface area contributed by atoms with Gasteiger partial charge in [0.05, 0.1) is 13.4 Å². The largest absolute Gasteiger partial charge is 0.469 e. The summed E-state index contributed by atoms with van der Waals surface area (Å²) in [5.41, 5.74) is 1.16. The second kappa shape index (κ2) is 9.54. The summed E-state index contributed by atoms with van der Waals surface area (Å²) in [7, 11) is -0.729. The smallest absolute Gasteiger partial charge is 0.313 e. The highest BCUT2D eigenvalue weighted by Gasteiger charge is 2.43. The predicted molar refractivity (Wildman–Crippen MR) is 113 cm³/mol. The Morgan fingerprint density at radius 2 is 1.82 bits per heavy atom. The van der Waals surface area contributed by atoms with E-state index < -0.39 is 20.3 Å². The van der Waals surface area contributed by atoms with Crippen LogP contribution in [0.4, 0.5) is 0 Å². The van der Waals surface area contributed by atoms with Crippen molar-refractivity contribution in [1.29, 1.82) is 0 Å². The Morgan fingerprint density at radius 3 is 2.36 bits per heavy atom. The van der Waals surface area contributed by atoms with E-state index in [1.165, 1.54) is 7.11 Å². The Bertz CT molecular complexity index is 723. The summed E-state index contributed by atoms with van der Waals surface area (Å²) < 4.78 is 17.4. The monoisotopic (exact) mass is 403 g/mol. The van der Waals surface area contributed by atoms with Crippen LogP contribution in [0.2, 0.25) is 18.1 Å². The number of carbonyl (C=O) groups excluding carboxylic acids is 1. The van der Waals surface area contributed by atoms with E-state index in [4.69, 9.17) is 13.6 Å². The topological polar surface area (TPSA) is 60.7 Å². The van der Waals surface area contributed by atoms with E-state index in [1.54, 1.807) is 6.26 Å². The average molecular weight is 404 g/mol. The summed E-state index contributed by atoms with van der Waals surface area (Å²) in [6.45, 7) is 12.0. The zero-order valence-corrected chi connectivity index (χ0v) is 18.8. The van der Waals surface area contributed by atoms with Gasteiger partial charge in [0.25, 0.3) is 0 Å². The number of nitrogens with one attached hydrogen (secondary N) is 1. The van der Waals surface area contributed by atoms with Crippen LogP contribution in [0.5, 0.6) is 0 Å². The zero-order valence-electron chi connectivity index (χ0n) is 17.8. The van der Waals surface area contributed by atoms with Crippen molar-refractivity contribution < 1.29 is 18.4 Å². The lowest BCUT2D eigenvalue weighted by atomic mass is 10.0. The Labute approximate surface area is 169 Å². The van der Waals surface area contributed by atoms with Crippen molar-refractivity contribution >= 4 is 14.3 Å². The molecule has 0 saturated carbocycles. The van der Waals surface area contributed by atoms with Crippen LogP contribution in [-0.2, 0) is 20.5 Å². The molecule has 1 aromatic carbocycles. The molecular weight excluding hydrogens is 370 g/mol. The van der Waals surface area contributed by atoms with E-state index in [1.807, 2.05) is 30.3 Å². The van der Waals surface area contributed by atoms with Crippen LogP contribution in [0.15, 0.2) is 53.1 Å². The molecule has 154 valence electrons. The van der Waals surface area contributed by atoms with E-state index in [-0.39, 0.29) is 11.0 Å². The molecule has 0 fully saturated rings. The SMILES string of the molecule is COC(=O)[C@@H](CNCc1ccccc1)[C@@H](O[Si](C)(C)C(C)(C)C)c1ccco1. The highest BCUT2D eigenvalue weighted by Crippen LogP contribution is 2.42. The van der Waals surface area contributed by atoms with Gasteiger partial charge in [0, 0.05) is 13.1 Å². The summed E-state index contributed by atoms with van der Waals surface area (Å²) >= 11 is 0. The normalized spacial score (nSPS) is 14.5. The first-order valence-corrected chi connectivity index (χ1v) is 12.6. The molecule has 0 bridgehead atoms. The predicted octanol–water partition coefficient (Wildman–Crippen LogP) is 4.92. The highest BCUT2D eigenvalue weighted by molar-refractivity contribution is 6.74. The first kappa shape index (κ1) is 22.4. The van der Waals surface area contributed by atoms with Gasteiger partial charge in [0.1, 0.15) is 17.8 Å². The van der Waals surface area contributed by atoms with Crippen molar-refractivity contribution in [3.05, 3.63) is 60.1 Å². The van der Waals surface area contributed by atoms with Crippen molar-refractivity contribution in [3.8, 4) is 0 Å². The third kappa shape index (κ3) is 5.80. The van der Waals surface area contributed by atoms with Gasteiger partial charge in [0.2, 0.25) is 0 Å². The van der Waals surface area contributed by atoms with Crippen molar-refractivity contribution in [1.82, 2.24) is 5.32 Å². The summed E-state index contributed by atoms with van der Waals surface area (Å²) in [5, 5.41) is 3.39. The Balaban J connectivity index is 2.22. The van der Waals surface area contributed by atoms with Crippen molar-refractivity contribution in [3.63, 3.8) is 0 Å². The highest BCUT2D eigenvalue weighted by atomic mass is 28.4. The van der Waals surface area contributed by atoms with Gasteiger partial charge in [-0.15, -0.1) is 0 Å². The summed E-state index contributed by atoms with van der Waals surface area (Å²) in [6, 6.07) is 13.8. The fourth-order valence-corrected chi connectivity index (χ4v) is 3.99. The summed E-state index contributed by atoms with van der Waals surface area (Å²) in [5.74, 6) is -0.156. The molecule has 5 nitrogen and oxygen atoms in total. The number of hydrogen-bond acceptors (Lipinski definition) is 5. The molecule has 0 saturated heterocycles. The minimum atomic E-state index is -2.14. The molecule has 1 N–H and O–H groups in total. The fraction of sp³-hybridized carbons (Fsp3) is 0.500. The second-order valence-corrected chi connectivity index (χ2v) is 13.3.